The highest BCUT2D eigenvalue weighted by Crippen LogP contribution is 2.16. The Bertz CT molecular complexity index is 1240. The second kappa shape index (κ2) is 60.6. The maximum absolute atomic E-state index is 12.9. The standard InChI is InChI=1S/C65H116O5/c1-4-7-10-13-16-19-22-25-28-31-33-35-37-40-43-46-49-52-55-58-64(66)69-62-63(61-68-60-57-54-51-48-45-42-39-36-32-29-26-23-20-17-14-11-8-5-2)70-65(67)59-56-53-50-47-44-41-38-34-30-27-24-21-18-15-12-9-6-3/h9,12,16,18-19,21,25,27-28,30,38,41,63H,4-8,10-11,13-15,17,20,22-24,26,29,31-37,39-40,42-62H2,1-3H3/b12-9-,19-16-,21-18-,28-25-,30-27-,41-38-. The Kier molecular flexibility index (Phi) is 58.3. The average Bonchev–Trinajstić information content (AvgIpc) is 3.36. The minimum atomic E-state index is -0.552. The molecule has 0 aliphatic carbocycles. The smallest absolute Gasteiger partial charge is 0.306 e. The Balaban J connectivity index is 4.30. The quantitative estimate of drug-likeness (QED) is 0.0345. The van der Waals surface area contributed by atoms with Gasteiger partial charge in [0.15, 0.2) is 6.10 Å². The van der Waals surface area contributed by atoms with Crippen molar-refractivity contribution in [1.29, 1.82) is 0 Å². The predicted molar refractivity (Wildman–Crippen MR) is 307 cm³/mol. The lowest BCUT2D eigenvalue weighted by molar-refractivity contribution is -0.163. The lowest BCUT2D eigenvalue weighted by Gasteiger charge is -2.18. The molecule has 0 spiro atoms. The first kappa shape index (κ1) is 67.3. The molecule has 1 atom stereocenters. The van der Waals surface area contributed by atoms with Gasteiger partial charge in [0.05, 0.1) is 6.61 Å². The summed E-state index contributed by atoms with van der Waals surface area (Å²) in [7, 11) is 0. The van der Waals surface area contributed by atoms with Gasteiger partial charge in [-0.25, -0.2) is 0 Å². The van der Waals surface area contributed by atoms with Crippen LogP contribution in [0.25, 0.3) is 0 Å². The van der Waals surface area contributed by atoms with Gasteiger partial charge >= 0.3 is 11.9 Å². The van der Waals surface area contributed by atoms with E-state index in [0.29, 0.717) is 19.4 Å². The van der Waals surface area contributed by atoms with Gasteiger partial charge in [-0.3, -0.25) is 9.59 Å². The van der Waals surface area contributed by atoms with E-state index in [9.17, 15) is 9.59 Å². The lowest BCUT2D eigenvalue weighted by Crippen LogP contribution is -2.30. The van der Waals surface area contributed by atoms with Gasteiger partial charge in [0, 0.05) is 19.4 Å². The summed E-state index contributed by atoms with van der Waals surface area (Å²) in [6.45, 7) is 7.71. The molecule has 0 bridgehead atoms. The van der Waals surface area contributed by atoms with E-state index in [1.165, 1.54) is 180 Å². The van der Waals surface area contributed by atoms with Crippen LogP contribution in [0.5, 0.6) is 0 Å². The summed E-state index contributed by atoms with van der Waals surface area (Å²) in [5.74, 6) is -0.417. The summed E-state index contributed by atoms with van der Waals surface area (Å²) in [5.41, 5.74) is 0. The van der Waals surface area contributed by atoms with Gasteiger partial charge in [-0.2, -0.15) is 0 Å². The fourth-order valence-electron chi connectivity index (χ4n) is 8.71. The molecule has 0 aliphatic rings. The van der Waals surface area contributed by atoms with Crippen molar-refractivity contribution >= 4 is 11.9 Å². The summed E-state index contributed by atoms with van der Waals surface area (Å²) >= 11 is 0. The molecule has 1 unspecified atom stereocenters. The minimum Gasteiger partial charge on any atom is -0.462 e. The molecule has 5 nitrogen and oxygen atoms in total. The van der Waals surface area contributed by atoms with Crippen molar-refractivity contribution < 1.29 is 23.8 Å². The van der Waals surface area contributed by atoms with Crippen LogP contribution in [0.2, 0.25) is 0 Å². The molecule has 5 heteroatoms. The Labute approximate surface area is 436 Å². The third-order valence-corrected chi connectivity index (χ3v) is 13.2. The average molecular weight is 978 g/mol. The largest absolute Gasteiger partial charge is 0.462 e. The van der Waals surface area contributed by atoms with Crippen molar-refractivity contribution in [2.75, 3.05) is 19.8 Å². The zero-order chi connectivity index (χ0) is 50.6. The lowest BCUT2D eigenvalue weighted by atomic mass is 10.0. The third kappa shape index (κ3) is 57.9. The molecular formula is C65H116O5. The Morgan fingerprint density at radius 1 is 0.329 bits per heavy atom. The van der Waals surface area contributed by atoms with Crippen LogP contribution in [0.15, 0.2) is 72.9 Å². The van der Waals surface area contributed by atoms with E-state index in [0.717, 1.165) is 89.9 Å². The molecule has 0 rings (SSSR count). The maximum atomic E-state index is 12.9. The minimum absolute atomic E-state index is 0.0739. The number of hydrogen-bond donors (Lipinski definition) is 0. The van der Waals surface area contributed by atoms with Crippen molar-refractivity contribution in [3.63, 3.8) is 0 Å². The second-order valence-corrected chi connectivity index (χ2v) is 20.2. The molecule has 0 heterocycles. The Morgan fingerprint density at radius 3 is 1.06 bits per heavy atom. The zero-order valence-electron chi connectivity index (χ0n) is 46.8. The summed E-state index contributed by atoms with van der Waals surface area (Å²) in [6.07, 6.45) is 79.3. The first-order valence-electron chi connectivity index (χ1n) is 30.5. The normalized spacial score (nSPS) is 12.7. The summed E-state index contributed by atoms with van der Waals surface area (Å²) in [4.78, 5) is 25.6. The number of hydrogen-bond acceptors (Lipinski definition) is 5. The van der Waals surface area contributed by atoms with Crippen molar-refractivity contribution in [3.05, 3.63) is 72.9 Å². The monoisotopic (exact) mass is 977 g/mol. The van der Waals surface area contributed by atoms with Crippen LogP contribution in [0.4, 0.5) is 0 Å². The molecule has 0 aromatic rings. The van der Waals surface area contributed by atoms with Crippen LogP contribution in [-0.2, 0) is 23.8 Å². The van der Waals surface area contributed by atoms with Gasteiger partial charge in [0.1, 0.15) is 6.61 Å². The van der Waals surface area contributed by atoms with Crippen molar-refractivity contribution in [3.8, 4) is 0 Å². The second-order valence-electron chi connectivity index (χ2n) is 20.2. The first-order chi connectivity index (χ1) is 34.6. The molecule has 0 aromatic heterocycles. The van der Waals surface area contributed by atoms with E-state index in [1.54, 1.807) is 0 Å². The van der Waals surface area contributed by atoms with Crippen LogP contribution in [-0.4, -0.2) is 37.9 Å². The highest BCUT2D eigenvalue weighted by atomic mass is 16.6. The summed E-state index contributed by atoms with van der Waals surface area (Å²) in [6, 6.07) is 0. The van der Waals surface area contributed by atoms with Gasteiger partial charge in [0.2, 0.25) is 0 Å². The van der Waals surface area contributed by atoms with Crippen LogP contribution in [0, 0.1) is 0 Å². The molecule has 0 radical (unpaired) electrons. The molecule has 0 aliphatic heterocycles. The predicted octanol–water partition coefficient (Wildman–Crippen LogP) is 21.0. The van der Waals surface area contributed by atoms with Crippen LogP contribution in [0.3, 0.4) is 0 Å². The van der Waals surface area contributed by atoms with Gasteiger partial charge in [0.25, 0.3) is 0 Å². The number of carbonyl (C=O) groups excluding carboxylic acids is 2. The van der Waals surface area contributed by atoms with E-state index in [4.69, 9.17) is 14.2 Å². The Hall–Kier alpha value is -2.66. The number of rotatable bonds is 56. The molecule has 0 amide bonds. The van der Waals surface area contributed by atoms with E-state index in [-0.39, 0.29) is 25.2 Å². The molecule has 0 saturated carbocycles. The number of allylic oxidation sites excluding steroid dienone is 12. The molecule has 0 saturated heterocycles. The maximum Gasteiger partial charge on any atom is 0.306 e. The third-order valence-electron chi connectivity index (χ3n) is 13.2. The summed E-state index contributed by atoms with van der Waals surface area (Å²) in [5, 5.41) is 0. The van der Waals surface area contributed by atoms with E-state index in [2.05, 4.69) is 93.7 Å². The van der Waals surface area contributed by atoms with Gasteiger partial charge < -0.3 is 14.2 Å². The summed E-state index contributed by atoms with van der Waals surface area (Å²) < 4.78 is 17.5. The molecular weight excluding hydrogens is 861 g/mol. The number of ether oxygens (including phenoxy) is 3. The van der Waals surface area contributed by atoms with Gasteiger partial charge in [-0.15, -0.1) is 0 Å². The van der Waals surface area contributed by atoms with Crippen molar-refractivity contribution in [2.45, 2.75) is 309 Å². The van der Waals surface area contributed by atoms with Crippen molar-refractivity contribution in [2.24, 2.45) is 0 Å². The zero-order valence-corrected chi connectivity index (χ0v) is 46.8. The molecule has 0 N–H and O–H groups in total. The molecule has 70 heavy (non-hydrogen) atoms. The van der Waals surface area contributed by atoms with Crippen LogP contribution in [0.1, 0.15) is 303 Å². The fourth-order valence-corrected chi connectivity index (χ4v) is 8.71. The van der Waals surface area contributed by atoms with E-state index >= 15 is 0 Å². The highest BCUT2D eigenvalue weighted by Gasteiger charge is 2.17. The SMILES string of the molecule is CC/C=C\C/C=C\C/C=C\C/C=C\CCCCCCC(=O)OC(COCCCCCCCCCCCCCCCCCCCC)COC(=O)CCCCCCCCCCC/C=C\C/C=C\CCCCC. The fraction of sp³-hybridized carbons (Fsp3) is 0.785. The van der Waals surface area contributed by atoms with Crippen LogP contribution >= 0.6 is 0 Å². The van der Waals surface area contributed by atoms with Crippen LogP contribution < -0.4 is 0 Å². The van der Waals surface area contributed by atoms with E-state index < -0.39 is 6.10 Å². The number of carbonyl (C=O) groups is 2. The van der Waals surface area contributed by atoms with E-state index in [1.807, 2.05) is 0 Å². The molecule has 406 valence electrons. The van der Waals surface area contributed by atoms with Crippen molar-refractivity contribution in [1.82, 2.24) is 0 Å². The molecule has 0 fully saturated rings. The topological polar surface area (TPSA) is 61.8 Å². The Morgan fingerprint density at radius 2 is 0.643 bits per heavy atom. The first-order valence-corrected chi connectivity index (χ1v) is 30.5. The van der Waals surface area contributed by atoms with Gasteiger partial charge in [-0.05, 0) is 89.9 Å². The highest BCUT2D eigenvalue weighted by molar-refractivity contribution is 5.70. The van der Waals surface area contributed by atoms with Gasteiger partial charge in [-0.1, -0.05) is 273 Å². The number of esters is 2. The number of unbranched alkanes of at least 4 members (excludes halogenated alkanes) is 33. The molecule has 0 aromatic carbocycles.